The van der Waals surface area contributed by atoms with Crippen LogP contribution in [0.15, 0.2) is 65.3 Å². The molecule has 0 spiro atoms. The molecule has 4 nitrogen and oxygen atoms in total. The highest BCUT2D eigenvalue weighted by atomic mass is 16.2. The first-order chi connectivity index (χ1) is 18.3. The van der Waals surface area contributed by atoms with E-state index in [2.05, 4.69) is 26.0 Å². The Hall–Kier alpha value is -2.88. The molecule has 4 bridgehead atoms. The minimum Gasteiger partial charge on any atom is -0.298 e. The Kier molecular flexibility index (Phi) is 7.91. The van der Waals surface area contributed by atoms with Crippen molar-refractivity contribution in [3.63, 3.8) is 0 Å². The molecule has 5 atom stereocenters. The molecule has 4 heteroatoms. The molecule has 39 heavy (non-hydrogen) atoms. The first-order valence-electron chi connectivity index (χ1n) is 14.5. The molecule has 4 aliphatic carbocycles. The zero-order chi connectivity index (χ0) is 28.8. The molecule has 0 unspecified atom stereocenters. The summed E-state index contributed by atoms with van der Waals surface area (Å²) in [5, 5.41) is 0. The van der Waals surface area contributed by atoms with Crippen LogP contribution in [0.3, 0.4) is 0 Å². The van der Waals surface area contributed by atoms with Gasteiger partial charge in [0.2, 0.25) is 0 Å². The van der Waals surface area contributed by atoms with Crippen LogP contribution in [0.1, 0.15) is 97.3 Å². The Labute approximate surface area is 234 Å². The Balaban J connectivity index is 1.89. The van der Waals surface area contributed by atoms with E-state index in [-0.39, 0.29) is 24.0 Å². The van der Waals surface area contributed by atoms with Crippen LogP contribution in [-0.2, 0) is 14.4 Å². The van der Waals surface area contributed by atoms with Gasteiger partial charge in [-0.3, -0.25) is 19.2 Å². The normalized spacial score (nSPS) is 31.2. The van der Waals surface area contributed by atoms with Crippen molar-refractivity contribution in [2.75, 3.05) is 0 Å². The van der Waals surface area contributed by atoms with Gasteiger partial charge in [0, 0.05) is 5.56 Å². The Morgan fingerprint density at radius 3 is 2.15 bits per heavy atom. The fourth-order valence-corrected chi connectivity index (χ4v) is 7.57. The fraction of sp³-hybridized carbons (Fsp3) is 0.543. The number of Topliss-reactive ketones (excluding diaryl/α,β-unsaturated/α-hetero) is 4. The van der Waals surface area contributed by atoms with Crippen molar-refractivity contribution in [3.05, 3.63) is 70.8 Å². The summed E-state index contributed by atoms with van der Waals surface area (Å²) in [4.78, 5) is 58.3. The number of ketones is 4. The van der Waals surface area contributed by atoms with Crippen LogP contribution < -0.4 is 0 Å². The molecule has 0 saturated heterocycles. The lowest BCUT2D eigenvalue weighted by Crippen LogP contribution is -2.72. The van der Waals surface area contributed by atoms with E-state index in [4.69, 9.17) is 0 Å². The fourth-order valence-electron chi connectivity index (χ4n) is 7.57. The summed E-state index contributed by atoms with van der Waals surface area (Å²) in [5.74, 6) is -2.81. The summed E-state index contributed by atoms with van der Waals surface area (Å²) in [5.41, 5.74) is -0.189. The molecule has 0 amide bonds. The molecule has 4 fully saturated rings. The number of carbonyl (C=O) groups is 4. The lowest BCUT2D eigenvalue weighted by Gasteiger charge is -2.58. The first-order valence-corrected chi connectivity index (χ1v) is 14.5. The van der Waals surface area contributed by atoms with Crippen molar-refractivity contribution >= 4 is 23.1 Å². The SMILES string of the molecule is CC(C)=CCCC(C)=CC[C@]12C[C@@H]3C[C@@H](CC=C(C)C)[C@H](C1=O)C(=O)[C@](C(=O)c1ccccc1)(C2=O)C3(C)C. The molecule has 1 aromatic rings. The standard InChI is InChI=1S/C35H44O4/c1-22(2)12-11-13-24(5)18-19-34-21-27-20-26(17-16-23(3)4)28(30(34)37)31(38)35(32(34)39,33(27,6)7)29(36)25-14-9-8-10-15-25/h8-10,12,14-16,18,26-28H,11,13,17,19-21H2,1-7H3/t26-,27+,28-,34+,35-/m1/s1. The van der Waals surface area contributed by atoms with Crippen molar-refractivity contribution < 1.29 is 19.2 Å². The smallest absolute Gasteiger partial charge is 0.184 e. The van der Waals surface area contributed by atoms with E-state index in [1.807, 2.05) is 46.8 Å². The Bertz CT molecular complexity index is 1270. The van der Waals surface area contributed by atoms with E-state index >= 15 is 0 Å². The molecular weight excluding hydrogens is 484 g/mol. The second-order valence-corrected chi connectivity index (χ2v) is 13.3. The van der Waals surface area contributed by atoms with Gasteiger partial charge >= 0.3 is 0 Å². The predicted molar refractivity (Wildman–Crippen MR) is 155 cm³/mol. The summed E-state index contributed by atoms with van der Waals surface area (Å²) in [6.07, 6.45) is 10.0. The van der Waals surface area contributed by atoms with E-state index < -0.39 is 39.5 Å². The topological polar surface area (TPSA) is 68.3 Å². The maximum Gasteiger partial charge on any atom is 0.184 e. The van der Waals surface area contributed by atoms with Gasteiger partial charge in [-0.25, -0.2) is 0 Å². The monoisotopic (exact) mass is 528 g/mol. The van der Waals surface area contributed by atoms with Crippen LogP contribution in [0.4, 0.5) is 0 Å². The third-order valence-corrected chi connectivity index (χ3v) is 9.92. The summed E-state index contributed by atoms with van der Waals surface area (Å²) >= 11 is 0. The van der Waals surface area contributed by atoms with E-state index in [0.29, 0.717) is 24.8 Å². The maximum absolute atomic E-state index is 14.8. The van der Waals surface area contributed by atoms with E-state index in [1.54, 1.807) is 24.3 Å². The van der Waals surface area contributed by atoms with Crippen LogP contribution in [0, 0.1) is 34.0 Å². The lowest BCUT2D eigenvalue weighted by molar-refractivity contribution is -0.175. The highest BCUT2D eigenvalue weighted by molar-refractivity contribution is 6.40. The molecule has 208 valence electrons. The average Bonchev–Trinajstić information content (AvgIpc) is 3.02. The summed E-state index contributed by atoms with van der Waals surface area (Å²) in [6, 6.07) is 8.73. The third-order valence-electron chi connectivity index (χ3n) is 9.92. The first kappa shape index (κ1) is 29.1. The van der Waals surface area contributed by atoms with Crippen molar-refractivity contribution in [1.82, 2.24) is 0 Å². The van der Waals surface area contributed by atoms with E-state index in [9.17, 15) is 19.2 Å². The molecule has 1 aromatic carbocycles. The van der Waals surface area contributed by atoms with Gasteiger partial charge in [0.25, 0.3) is 0 Å². The molecule has 0 aliphatic heterocycles. The second-order valence-electron chi connectivity index (χ2n) is 13.3. The van der Waals surface area contributed by atoms with Crippen LogP contribution in [0.25, 0.3) is 0 Å². The zero-order valence-corrected chi connectivity index (χ0v) is 24.7. The van der Waals surface area contributed by atoms with Crippen LogP contribution >= 0.6 is 0 Å². The number of hydrogen-bond donors (Lipinski definition) is 0. The highest BCUT2D eigenvalue weighted by Gasteiger charge is 2.79. The predicted octanol–water partition coefficient (Wildman–Crippen LogP) is 7.68. The zero-order valence-electron chi connectivity index (χ0n) is 24.7. The molecule has 0 N–H and O–H groups in total. The van der Waals surface area contributed by atoms with Crippen molar-refractivity contribution in [1.29, 1.82) is 0 Å². The van der Waals surface area contributed by atoms with Gasteiger partial charge in [-0.1, -0.05) is 79.1 Å². The van der Waals surface area contributed by atoms with Crippen molar-refractivity contribution in [2.24, 2.45) is 34.0 Å². The number of fused-ring (bicyclic) bond motifs is 1. The van der Waals surface area contributed by atoms with Gasteiger partial charge < -0.3 is 0 Å². The highest BCUT2D eigenvalue weighted by Crippen LogP contribution is 2.68. The quantitative estimate of drug-likeness (QED) is 0.187. The van der Waals surface area contributed by atoms with Crippen LogP contribution in [-0.4, -0.2) is 23.1 Å². The average molecular weight is 529 g/mol. The maximum atomic E-state index is 14.8. The minimum atomic E-state index is -1.85. The number of allylic oxidation sites excluding steroid dienone is 6. The van der Waals surface area contributed by atoms with E-state index in [0.717, 1.165) is 24.0 Å². The van der Waals surface area contributed by atoms with Gasteiger partial charge in [0.15, 0.2) is 28.5 Å². The largest absolute Gasteiger partial charge is 0.298 e. The number of rotatable bonds is 9. The number of hydrogen-bond acceptors (Lipinski definition) is 4. The molecule has 0 radical (unpaired) electrons. The van der Waals surface area contributed by atoms with Gasteiger partial charge in [-0.2, -0.15) is 0 Å². The van der Waals surface area contributed by atoms with Gasteiger partial charge in [0.1, 0.15) is 0 Å². The molecule has 0 heterocycles. The summed E-state index contributed by atoms with van der Waals surface area (Å²) in [7, 11) is 0. The number of benzene rings is 1. The van der Waals surface area contributed by atoms with Crippen LogP contribution in [0.5, 0.6) is 0 Å². The summed E-state index contributed by atoms with van der Waals surface area (Å²) < 4.78 is 0. The summed E-state index contributed by atoms with van der Waals surface area (Å²) in [6.45, 7) is 14.1. The Morgan fingerprint density at radius 2 is 1.54 bits per heavy atom. The minimum absolute atomic E-state index is 0.0989. The van der Waals surface area contributed by atoms with E-state index in [1.165, 1.54) is 5.57 Å². The molecular formula is C35H44O4. The Morgan fingerprint density at radius 1 is 0.897 bits per heavy atom. The lowest BCUT2D eigenvalue weighted by atomic mass is 9.39. The van der Waals surface area contributed by atoms with Crippen LogP contribution in [0.2, 0.25) is 0 Å². The third kappa shape index (κ3) is 4.54. The second kappa shape index (κ2) is 10.6. The molecule has 4 saturated carbocycles. The van der Waals surface area contributed by atoms with Gasteiger partial charge in [-0.15, -0.1) is 0 Å². The number of carbonyl (C=O) groups excluding carboxylic acids is 4. The van der Waals surface area contributed by atoms with Crippen molar-refractivity contribution in [2.45, 2.75) is 87.0 Å². The van der Waals surface area contributed by atoms with Crippen molar-refractivity contribution in [3.8, 4) is 0 Å². The van der Waals surface area contributed by atoms with Gasteiger partial charge in [-0.05, 0) is 90.4 Å². The molecule has 4 aliphatic rings. The molecule has 5 rings (SSSR count). The van der Waals surface area contributed by atoms with Gasteiger partial charge in [0.05, 0.1) is 11.3 Å². The molecule has 0 aromatic heterocycles.